The van der Waals surface area contributed by atoms with Crippen LogP contribution in [0.5, 0.6) is 0 Å². The summed E-state index contributed by atoms with van der Waals surface area (Å²) in [6, 6.07) is 9.36. The van der Waals surface area contributed by atoms with E-state index in [1.165, 1.54) is 0 Å². The van der Waals surface area contributed by atoms with Gasteiger partial charge in [0.1, 0.15) is 5.82 Å². The molecule has 0 unspecified atom stereocenters. The van der Waals surface area contributed by atoms with Crippen LogP contribution in [0.3, 0.4) is 0 Å². The molecule has 0 aliphatic heterocycles. The molecule has 16 heavy (non-hydrogen) atoms. The van der Waals surface area contributed by atoms with Crippen molar-refractivity contribution in [3.05, 3.63) is 47.5 Å². The molecule has 4 heteroatoms. The highest BCUT2D eigenvalue weighted by Gasteiger charge is 2.18. The number of benzene rings is 1. The molecule has 82 valence electrons. The van der Waals surface area contributed by atoms with Crippen molar-refractivity contribution in [2.24, 2.45) is 0 Å². The van der Waals surface area contributed by atoms with Gasteiger partial charge in [-0.1, -0.05) is 18.2 Å². The summed E-state index contributed by atoms with van der Waals surface area (Å²) < 4.78 is 1.65. The van der Waals surface area contributed by atoms with Crippen LogP contribution in [0, 0.1) is 13.8 Å². The zero-order chi connectivity index (χ0) is 11.7. The predicted molar refractivity (Wildman–Crippen MR) is 60.0 cm³/mol. The summed E-state index contributed by atoms with van der Waals surface area (Å²) in [6.45, 7) is 3.50. The quantitative estimate of drug-likeness (QED) is 0.837. The Morgan fingerprint density at radius 2 is 1.88 bits per heavy atom. The van der Waals surface area contributed by atoms with Crippen molar-refractivity contribution >= 4 is 5.97 Å². The lowest BCUT2D eigenvalue weighted by molar-refractivity contribution is 0.0687. The summed E-state index contributed by atoms with van der Waals surface area (Å²) in [4.78, 5) is 15.4. The number of para-hydroxylation sites is 1. The number of aromatic nitrogens is 2. The lowest BCUT2D eigenvalue weighted by Crippen LogP contribution is -2.08. The Kier molecular flexibility index (Phi) is 2.48. The molecule has 2 rings (SSSR count). The van der Waals surface area contributed by atoms with Crippen molar-refractivity contribution in [3.63, 3.8) is 0 Å². The van der Waals surface area contributed by atoms with Gasteiger partial charge in [0.2, 0.25) is 0 Å². The third-order valence-electron chi connectivity index (χ3n) is 2.44. The van der Waals surface area contributed by atoms with E-state index in [1.807, 2.05) is 30.3 Å². The van der Waals surface area contributed by atoms with E-state index in [1.54, 1.807) is 18.4 Å². The molecule has 0 saturated heterocycles. The van der Waals surface area contributed by atoms with Crippen molar-refractivity contribution in [1.29, 1.82) is 0 Å². The average Bonchev–Trinajstić information content (AvgIpc) is 2.55. The molecule has 1 aromatic heterocycles. The summed E-state index contributed by atoms with van der Waals surface area (Å²) in [5.41, 5.74) is 1.58. The fourth-order valence-corrected chi connectivity index (χ4v) is 1.81. The summed E-state index contributed by atoms with van der Waals surface area (Å²) in [5.74, 6) is -0.275. The Hall–Kier alpha value is -2.10. The van der Waals surface area contributed by atoms with E-state index in [4.69, 9.17) is 5.11 Å². The Bertz CT molecular complexity index is 529. The van der Waals surface area contributed by atoms with Gasteiger partial charge in [-0.2, -0.15) is 0 Å². The number of hydrogen-bond donors (Lipinski definition) is 1. The van der Waals surface area contributed by atoms with Crippen LogP contribution in [0.1, 0.15) is 22.0 Å². The molecule has 0 fully saturated rings. The maximum atomic E-state index is 11.2. The smallest absolute Gasteiger partial charge is 0.354 e. The highest BCUT2D eigenvalue weighted by atomic mass is 16.4. The number of carboxylic acid groups (broad SMARTS) is 1. The second kappa shape index (κ2) is 3.81. The Balaban J connectivity index is 2.69. The maximum absolute atomic E-state index is 11.2. The van der Waals surface area contributed by atoms with Crippen LogP contribution in [0.25, 0.3) is 5.69 Å². The van der Waals surface area contributed by atoms with Gasteiger partial charge >= 0.3 is 5.97 Å². The molecule has 1 aromatic carbocycles. The van der Waals surface area contributed by atoms with Crippen LogP contribution in [0.15, 0.2) is 30.3 Å². The SMILES string of the molecule is Cc1nc(C)n(-c2ccccc2)c1C(=O)O. The van der Waals surface area contributed by atoms with Crippen molar-refractivity contribution in [2.75, 3.05) is 0 Å². The highest BCUT2D eigenvalue weighted by molar-refractivity contribution is 5.88. The number of imidazole rings is 1. The third kappa shape index (κ3) is 1.58. The van der Waals surface area contributed by atoms with Crippen molar-refractivity contribution in [1.82, 2.24) is 9.55 Å². The molecule has 0 bridgehead atoms. The minimum atomic E-state index is -0.957. The molecule has 2 aromatic rings. The number of carbonyl (C=O) groups is 1. The summed E-state index contributed by atoms with van der Waals surface area (Å²) >= 11 is 0. The first-order valence-corrected chi connectivity index (χ1v) is 4.96. The number of aryl methyl sites for hydroxylation is 2. The van der Waals surface area contributed by atoms with Gasteiger partial charge in [0, 0.05) is 5.69 Å². The number of aromatic carboxylic acids is 1. The van der Waals surface area contributed by atoms with Crippen molar-refractivity contribution in [2.45, 2.75) is 13.8 Å². The second-order valence-corrected chi connectivity index (χ2v) is 3.57. The molecule has 0 atom stereocenters. The minimum absolute atomic E-state index is 0.226. The van der Waals surface area contributed by atoms with Crippen LogP contribution < -0.4 is 0 Å². The van der Waals surface area contributed by atoms with Gasteiger partial charge in [0.05, 0.1) is 5.69 Å². The molecule has 0 saturated carbocycles. The number of hydrogen-bond acceptors (Lipinski definition) is 2. The number of rotatable bonds is 2. The van der Waals surface area contributed by atoms with Gasteiger partial charge in [0.15, 0.2) is 5.69 Å². The van der Waals surface area contributed by atoms with E-state index in [2.05, 4.69) is 4.98 Å². The van der Waals surface area contributed by atoms with Gasteiger partial charge in [-0.15, -0.1) is 0 Å². The Morgan fingerprint density at radius 1 is 1.25 bits per heavy atom. The molecule has 4 nitrogen and oxygen atoms in total. The van der Waals surface area contributed by atoms with Crippen LogP contribution in [-0.4, -0.2) is 20.6 Å². The first kappa shape index (κ1) is 10.4. The van der Waals surface area contributed by atoms with Gasteiger partial charge in [-0.25, -0.2) is 9.78 Å². The third-order valence-corrected chi connectivity index (χ3v) is 2.44. The fraction of sp³-hybridized carbons (Fsp3) is 0.167. The largest absolute Gasteiger partial charge is 0.477 e. The number of carboxylic acids is 1. The standard InChI is InChI=1S/C12H12N2O2/c1-8-11(12(15)16)14(9(2)13-8)10-6-4-3-5-7-10/h3-7H,1-2H3,(H,15,16). The first-order chi connectivity index (χ1) is 7.61. The van der Waals surface area contributed by atoms with Crippen molar-refractivity contribution in [3.8, 4) is 5.69 Å². The zero-order valence-electron chi connectivity index (χ0n) is 9.14. The van der Waals surface area contributed by atoms with Crippen LogP contribution in [0.2, 0.25) is 0 Å². The molecule has 1 N–H and O–H groups in total. The monoisotopic (exact) mass is 216 g/mol. The van der Waals surface area contributed by atoms with Crippen LogP contribution in [0.4, 0.5) is 0 Å². The van der Waals surface area contributed by atoms with Gasteiger partial charge in [0.25, 0.3) is 0 Å². The van der Waals surface area contributed by atoms with E-state index < -0.39 is 5.97 Å². The maximum Gasteiger partial charge on any atom is 0.354 e. The fourth-order valence-electron chi connectivity index (χ4n) is 1.81. The van der Waals surface area contributed by atoms with Gasteiger partial charge in [-0.3, -0.25) is 4.57 Å². The van der Waals surface area contributed by atoms with E-state index in [0.29, 0.717) is 11.5 Å². The first-order valence-electron chi connectivity index (χ1n) is 4.96. The number of nitrogens with zero attached hydrogens (tertiary/aromatic N) is 2. The van der Waals surface area contributed by atoms with E-state index >= 15 is 0 Å². The molecule has 0 aliphatic rings. The predicted octanol–water partition coefficient (Wildman–Crippen LogP) is 2.19. The van der Waals surface area contributed by atoms with Crippen molar-refractivity contribution < 1.29 is 9.90 Å². The topological polar surface area (TPSA) is 55.1 Å². The Labute approximate surface area is 93.2 Å². The molecular formula is C12H12N2O2. The molecule has 0 amide bonds. The lowest BCUT2D eigenvalue weighted by atomic mass is 10.3. The second-order valence-electron chi connectivity index (χ2n) is 3.57. The molecule has 0 radical (unpaired) electrons. The summed E-state index contributed by atoms with van der Waals surface area (Å²) in [5, 5.41) is 9.16. The molecular weight excluding hydrogens is 204 g/mol. The van der Waals surface area contributed by atoms with Crippen LogP contribution >= 0.6 is 0 Å². The van der Waals surface area contributed by atoms with E-state index in [9.17, 15) is 4.79 Å². The molecule has 0 aliphatic carbocycles. The summed E-state index contributed by atoms with van der Waals surface area (Å²) in [6.07, 6.45) is 0. The molecule has 1 heterocycles. The minimum Gasteiger partial charge on any atom is -0.477 e. The highest BCUT2D eigenvalue weighted by Crippen LogP contribution is 2.17. The van der Waals surface area contributed by atoms with E-state index in [0.717, 1.165) is 5.69 Å². The normalized spacial score (nSPS) is 10.4. The Morgan fingerprint density at radius 3 is 2.44 bits per heavy atom. The van der Waals surface area contributed by atoms with Crippen LogP contribution in [-0.2, 0) is 0 Å². The average molecular weight is 216 g/mol. The molecule has 0 spiro atoms. The van der Waals surface area contributed by atoms with E-state index in [-0.39, 0.29) is 5.69 Å². The zero-order valence-corrected chi connectivity index (χ0v) is 9.14. The lowest BCUT2D eigenvalue weighted by Gasteiger charge is -2.07. The van der Waals surface area contributed by atoms with Gasteiger partial charge < -0.3 is 5.11 Å². The van der Waals surface area contributed by atoms with Gasteiger partial charge in [-0.05, 0) is 26.0 Å². The summed E-state index contributed by atoms with van der Waals surface area (Å²) in [7, 11) is 0.